The normalized spacial score (nSPS) is 16.1. The Kier molecular flexibility index (Phi) is 3.25. The zero-order valence-corrected chi connectivity index (χ0v) is 8.24. The molecular weight excluding hydrogens is 234 g/mol. The van der Waals surface area contributed by atoms with E-state index in [1.165, 1.54) is 12.1 Å². The molecule has 0 aliphatic heterocycles. The Morgan fingerprint density at radius 2 is 1.53 bits per heavy atom. The van der Waals surface area contributed by atoms with E-state index >= 15 is 0 Å². The minimum Gasteiger partial charge on any atom is -0.327 e. The van der Waals surface area contributed by atoms with Crippen LogP contribution in [0.2, 0.25) is 5.02 Å². The molecule has 1 atom stereocenters. The molecule has 0 aliphatic carbocycles. The summed E-state index contributed by atoms with van der Waals surface area (Å²) in [5.41, 5.74) is 0.779. The van der Waals surface area contributed by atoms with Gasteiger partial charge in [0.15, 0.2) is 0 Å². The van der Waals surface area contributed by atoms with Crippen molar-refractivity contribution in [2.24, 2.45) is 5.73 Å². The van der Waals surface area contributed by atoms with Crippen molar-refractivity contribution in [3.8, 4) is 0 Å². The van der Waals surface area contributed by atoms with E-state index in [1.54, 1.807) is 0 Å². The molecule has 84 valence electrons. The molecule has 0 bridgehead atoms. The number of hydrogen-bond acceptors (Lipinski definition) is 1. The SMILES string of the molecule is NCC(F)(c1ccc(Cl)cc1)C(F)(F)F. The highest BCUT2D eigenvalue weighted by molar-refractivity contribution is 6.30. The first-order valence-corrected chi connectivity index (χ1v) is 4.41. The van der Waals surface area contributed by atoms with Gasteiger partial charge < -0.3 is 5.73 Å². The zero-order valence-electron chi connectivity index (χ0n) is 7.48. The van der Waals surface area contributed by atoms with Crippen molar-refractivity contribution in [2.45, 2.75) is 11.8 Å². The molecule has 1 nitrogen and oxygen atoms in total. The highest BCUT2D eigenvalue weighted by Crippen LogP contribution is 2.41. The standard InChI is InChI=1S/C9H8ClF4N/c10-7-3-1-6(2-4-7)8(11,5-15)9(12,13)14/h1-4H,5,15H2. The van der Waals surface area contributed by atoms with Gasteiger partial charge in [0.05, 0.1) is 0 Å². The monoisotopic (exact) mass is 241 g/mol. The molecule has 1 aromatic rings. The third-order valence-corrected chi connectivity index (χ3v) is 2.28. The Hall–Kier alpha value is -0.810. The fourth-order valence-electron chi connectivity index (χ4n) is 1.11. The molecular formula is C9H8ClF4N. The molecule has 1 unspecified atom stereocenters. The first-order valence-electron chi connectivity index (χ1n) is 4.03. The van der Waals surface area contributed by atoms with Gasteiger partial charge in [-0.15, -0.1) is 0 Å². The van der Waals surface area contributed by atoms with Crippen molar-refractivity contribution in [1.29, 1.82) is 0 Å². The summed E-state index contributed by atoms with van der Waals surface area (Å²) >= 11 is 5.48. The molecule has 0 saturated heterocycles. The fraction of sp³-hybridized carbons (Fsp3) is 0.333. The maximum atomic E-state index is 13.6. The predicted molar refractivity (Wildman–Crippen MR) is 49.3 cm³/mol. The summed E-state index contributed by atoms with van der Waals surface area (Å²) in [4.78, 5) is 0. The van der Waals surface area contributed by atoms with Crippen molar-refractivity contribution in [3.63, 3.8) is 0 Å². The van der Waals surface area contributed by atoms with Crippen LogP contribution >= 0.6 is 11.6 Å². The summed E-state index contributed by atoms with van der Waals surface area (Å²) in [6.07, 6.45) is -5.03. The van der Waals surface area contributed by atoms with Crippen molar-refractivity contribution in [2.75, 3.05) is 6.54 Å². The van der Waals surface area contributed by atoms with Crippen LogP contribution in [-0.4, -0.2) is 12.7 Å². The third kappa shape index (κ3) is 2.23. The van der Waals surface area contributed by atoms with Gasteiger partial charge >= 0.3 is 6.18 Å². The second-order valence-electron chi connectivity index (χ2n) is 3.01. The van der Waals surface area contributed by atoms with Crippen LogP contribution in [0.3, 0.4) is 0 Å². The van der Waals surface area contributed by atoms with Gasteiger partial charge in [-0.2, -0.15) is 13.2 Å². The van der Waals surface area contributed by atoms with E-state index < -0.39 is 24.0 Å². The summed E-state index contributed by atoms with van der Waals surface area (Å²) in [6, 6.07) is 4.32. The highest BCUT2D eigenvalue weighted by Gasteiger charge is 2.56. The van der Waals surface area contributed by atoms with Crippen LogP contribution in [0.4, 0.5) is 17.6 Å². The third-order valence-electron chi connectivity index (χ3n) is 2.03. The molecule has 15 heavy (non-hydrogen) atoms. The average molecular weight is 242 g/mol. The van der Waals surface area contributed by atoms with E-state index in [2.05, 4.69) is 0 Å². The largest absolute Gasteiger partial charge is 0.428 e. The van der Waals surface area contributed by atoms with Crippen molar-refractivity contribution in [1.82, 2.24) is 0 Å². The van der Waals surface area contributed by atoms with Gasteiger partial charge in [0.1, 0.15) is 0 Å². The van der Waals surface area contributed by atoms with E-state index in [-0.39, 0.29) is 5.02 Å². The summed E-state index contributed by atoms with van der Waals surface area (Å²) in [5, 5.41) is 0.236. The number of rotatable bonds is 2. The molecule has 0 saturated carbocycles. The Bertz CT molecular complexity index is 335. The molecule has 0 heterocycles. The summed E-state index contributed by atoms with van der Waals surface area (Å²) in [5.74, 6) is 0. The maximum absolute atomic E-state index is 13.6. The van der Waals surface area contributed by atoms with Crippen LogP contribution < -0.4 is 5.73 Å². The summed E-state index contributed by atoms with van der Waals surface area (Å²) < 4.78 is 50.8. The lowest BCUT2D eigenvalue weighted by Gasteiger charge is -2.26. The quantitative estimate of drug-likeness (QED) is 0.792. The number of nitrogens with two attached hydrogens (primary N) is 1. The van der Waals surface area contributed by atoms with Gasteiger partial charge in [-0.25, -0.2) is 4.39 Å². The van der Waals surface area contributed by atoms with E-state index in [9.17, 15) is 17.6 Å². The van der Waals surface area contributed by atoms with E-state index in [0.717, 1.165) is 12.1 Å². The Balaban J connectivity index is 3.18. The molecule has 2 N–H and O–H groups in total. The molecule has 1 aromatic carbocycles. The van der Waals surface area contributed by atoms with Crippen molar-refractivity contribution in [3.05, 3.63) is 34.9 Å². The minimum atomic E-state index is -5.03. The van der Waals surface area contributed by atoms with Crippen LogP contribution in [0.25, 0.3) is 0 Å². The molecule has 0 fully saturated rings. The Labute approximate surface area is 88.8 Å². The van der Waals surface area contributed by atoms with E-state index in [4.69, 9.17) is 17.3 Å². The van der Waals surface area contributed by atoms with Crippen LogP contribution in [0.1, 0.15) is 5.56 Å². The van der Waals surface area contributed by atoms with E-state index in [1.807, 2.05) is 0 Å². The second kappa shape index (κ2) is 3.98. The van der Waals surface area contributed by atoms with Crippen LogP contribution in [-0.2, 0) is 5.67 Å². The molecule has 0 aliphatic rings. The van der Waals surface area contributed by atoms with E-state index in [0.29, 0.717) is 0 Å². The molecule has 0 aromatic heterocycles. The van der Waals surface area contributed by atoms with Gasteiger partial charge in [0.2, 0.25) is 5.67 Å². The predicted octanol–water partition coefficient (Wildman–Crippen LogP) is 3.03. The van der Waals surface area contributed by atoms with Gasteiger partial charge in [-0.1, -0.05) is 23.7 Å². The average Bonchev–Trinajstić information content (AvgIpc) is 2.16. The fourth-order valence-corrected chi connectivity index (χ4v) is 1.24. The lowest BCUT2D eigenvalue weighted by Crippen LogP contribution is -2.44. The molecule has 0 spiro atoms. The van der Waals surface area contributed by atoms with Gasteiger partial charge in [0, 0.05) is 11.6 Å². The number of alkyl halides is 4. The van der Waals surface area contributed by atoms with Gasteiger partial charge in [-0.05, 0) is 17.7 Å². The van der Waals surface area contributed by atoms with Crippen molar-refractivity contribution < 1.29 is 17.6 Å². The van der Waals surface area contributed by atoms with Gasteiger partial charge in [-0.3, -0.25) is 0 Å². The summed E-state index contributed by atoms with van der Waals surface area (Å²) in [6.45, 7) is -1.15. The summed E-state index contributed by atoms with van der Waals surface area (Å²) in [7, 11) is 0. The zero-order chi connectivity index (χ0) is 11.7. The van der Waals surface area contributed by atoms with Crippen LogP contribution in [0, 0.1) is 0 Å². The first kappa shape index (κ1) is 12.3. The smallest absolute Gasteiger partial charge is 0.327 e. The number of benzene rings is 1. The lowest BCUT2D eigenvalue weighted by atomic mass is 9.95. The van der Waals surface area contributed by atoms with Crippen LogP contribution in [0.15, 0.2) is 24.3 Å². The van der Waals surface area contributed by atoms with Gasteiger partial charge in [0.25, 0.3) is 0 Å². The molecule has 0 amide bonds. The Morgan fingerprint density at radius 1 is 1.07 bits per heavy atom. The Morgan fingerprint density at radius 3 is 1.87 bits per heavy atom. The van der Waals surface area contributed by atoms with Crippen molar-refractivity contribution >= 4 is 11.6 Å². The molecule has 0 radical (unpaired) electrons. The minimum absolute atomic E-state index is 0.236. The van der Waals surface area contributed by atoms with Crippen LogP contribution in [0.5, 0.6) is 0 Å². The lowest BCUT2D eigenvalue weighted by molar-refractivity contribution is -0.231. The molecule has 6 heteroatoms. The highest BCUT2D eigenvalue weighted by atomic mass is 35.5. The first-order chi connectivity index (χ1) is 6.81. The molecule has 1 rings (SSSR count). The second-order valence-corrected chi connectivity index (χ2v) is 3.45. The number of halogens is 5. The topological polar surface area (TPSA) is 26.0 Å². The maximum Gasteiger partial charge on any atom is 0.428 e. The number of hydrogen-bond donors (Lipinski definition) is 1.